The minimum atomic E-state index is -0.244. The fraction of sp³-hybridized carbons (Fsp3) is 0.833. The van der Waals surface area contributed by atoms with E-state index in [0.717, 1.165) is 0 Å². The molecule has 0 aliphatic carbocycles. The quantitative estimate of drug-likeness (QED) is 0.450. The van der Waals surface area contributed by atoms with Crippen LogP contribution in [0.5, 0.6) is 0 Å². The first-order valence-electron chi connectivity index (χ1n) is 2.86. The van der Waals surface area contributed by atoms with Gasteiger partial charge < -0.3 is 4.74 Å². The summed E-state index contributed by atoms with van der Waals surface area (Å²) in [5.41, 5.74) is 0. The first-order valence-corrected chi connectivity index (χ1v) is 3.39. The van der Waals surface area contributed by atoms with Crippen molar-refractivity contribution >= 4 is 17.6 Å². The molecule has 2 nitrogen and oxygen atoms in total. The molecule has 54 valence electrons. The Balaban J connectivity index is 3.16. The first kappa shape index (κ1) is 8.76. The van der Waals surface area contributed by atoms with Crippen LogP contribution < -0.4 is 0 Å². The topological polar surface area (TPSA) is 26.3 Å². The number of hydrogen-bond acceptors (Lipinski definition) is 2. The highest BCUT2D eigenvalue weighted by molar-refractivity contribution is 6.18. The molecule has 0 fully saturated rings. The summed E-state index contributed by atoms with van der Waals surface area (Å²) in [6, 6.07) is 0. The number of ether oxygens (including phenoxy) is 1. The Morgan fingerprint density at radius 3 is 2.67 bits per heavy atom. The Hall–Kier alpha value is -0.240. The van der Waals surface area contributed by atoms with Crippen LogP contribution in [0.15, 0.2) is 0 Å². The monoisotopic (exact) mass is 150 g/mol. The maximum Gasteiger partial charge on any atom is 0.302 e. The van der Waals surface area contributed by atoms with Gasteiger partial charge in [0.1, 0.15) is 0 Å². The molecule has 0 bridgehead atoms. The number of rotatable bonds is 3. The van der Waals surface area contributed by atoms with Gasteiger partial charge in [-0.25, -0.2) is 0 Å². The van der Waals surface area contributed by atoms with Crippen molar-refractivity contribution in [3.05, 3.63) is 0 Å². The van der Waals surface area contributed by atoms with Gasteiger partial charge in [0.2, 0.25) is 0 Å². The number of hydrogen-bond donors (Lipinski definition) is 0. The molecule has 0 spiro atoms. The molecule has 0 saturated carbocycles. The van der Waals surface area contributed by atoms with Crippen molar-refractivity contribution in [1.29, 1.82) is 0 Å². The van der Waals surface area contributed by atoms with Gasteiger partial charge in [-0.2, -0.15) is 0 Å². The van der Waals surface area contributed by atoms with E-state index in [1.807, 2.05) is 6.92 Å². The van der Waals surface area contributed by atoms with Gasteiger partial charge >= 0.3 is 5.97 Å². The van der Waals surface area contributed by atoms with Crippen LogP contribution in [0.25, 0.3) is 0 Å². The standard InChI is InChI=1S/C6H11ClO2/c1-5(3-7)4-9-6(2)8/h5H,3-4H2,1-2H3. The molecule has 9 heavy (non-hydrogen) atoms. The molecule has 0 aliphatic heterocycles. The van der Waals surface area contributed by atoms with Crippen LogP contribution in [-0.4, -0.2) is 18.5 Å². The van der Waals surface area contributed by atoms with E-state index in [-0.39, 0.29) is 11.9 Å². The normalized spacial score (nSPS) is 12.8. The molecule has 0 rings (SSSR count). The average molecular weight is 151 g/mol. The molecule has 0 aliphatic rings. The van der Waals surface area contributed by atoms with E-state index in [1.54, 1.807) is 0 Å². The van der Waals surface area contributed by atoms with Crippen molar-refractivity contribution in [2.75, 3.05) is 12.5 Å². The van der Waals surface area contributed by atoms with E-state index in [0.29, 0.717) is 12.5 Å². The second-order valence-electron chi connectivity index (χ2n) is 2.06. The number of esters is 1. The molecule has 0 aromatic rings. The van der Waals surface area contributed by atoms with E-state index in [1.165, 1.54) is 6.92 Å². The van der Waals surface area contributed by atoms with Crippen molar-refractivity contribution in [3.8, 4) is 0 Å². The lowest BCUT2D eigenvalue weighted by Gasteiger charge is -2.05. The summed E-state index contributed by atoms with van der Waals surface area (Å²) >= 11 is 5.44. The highest BCUT2D eigenvalue weighted by Crippen LogP contribution is 1.97. The van der Waals surface area contributed by atoms with E-state index < -0.39 is 0 Å². The molecule has 0 saturated heterocycles. The summed E-state index contributed by atoms with van der Waals surface area (Å²) in [7, 11) is 0. The van der Waals surface area contributed by atoms with Gasteiger partial charge in [-0.1, -0.05) is 6.92 Å². The zero-order valence-corrected chi connectivity index (χ0v) is 6.44. The van der Waals surface area contributed by atoms with Crippen LogP contribution in [0.3, 0.4) is 0 Å². The van der Waals surface area contributed by atoms with Gasteiger partial charge in [-0.3, -0.25) is 4.79 Å². The highest BCUT2D eigenvalue weighted by atomic mass is 35.5. The predicted molar refractivity (Wildman–Crippen MR) is 36.5 cm³/mol. The third kappa shape index (κ3) is 5.63. The van der Waals surface area contributed by atoms with E-state index in [2.05, 4.69) is 4.74 Å². The lowest BCUT2D eigenvalue weighted by molar-refractivity contribution is -0.141. The Kier molecular flexibility index (Phi) is 4.50. The second kappa shape index (κ2) is 4.62. The van der Waals surface area contributed by atoms with Gasteiger partial charge in [0, 0.05) is 18.7 Å². The second-order valence-corrected chi connectivity index (χ2v) is 2.37. The van der Waals surface area contributed by atoms with Gasteiger partial charge in [-0.05, 0) is 0 Å². The molecule has 0 heterocycles. The largest absolute Gasteiger partial charge is 0.466 e. The van der Waals surface area contributed by atoms with Gasteiger partial charge in [-0.15, -0.1) is 11.6 Å². The lowest BCUT2D eigenvalue weighted by Crippen LogP contribution is -2.09. The SMILES string of the molecule is CC(=O)OCC(C)CCl. The molecular weight excluding hydrogens is 140 g/mol. The van der Waals surface area contributed by atoms with Crippen LogP contribution in [-0.2, 0) is 9.53 Å². The summed E-state index contributed by atoms with van der Waals surface area (Å²) in [6.45, 7) is 3.75. The molecule has 1 unspecified atom stereocenters. The minimum Gasteiger partial charge on any atom is -0.466 e. The molecule has 3 heteroatoms. The molecular formula is C6H11ClO2. The predicted octanol–water partition coefficient (Wildman–Crippen LogP) is 1.42. The third-order valence-corrected chi connectivity index (χ3v) is 1.36. The van der Waals surface area contributed by atoms with E-state index in [4.69, 9.17) is 11.6 Å². The number of carbonyl (C=O) groups is 1. The molecule has 0 aromatic heterocycles. The lowest BCUT2D eigenvalue weighted by atomic mass is 10.2. The number of carbonyl (C=O) groups excluding carboxylic acids is 1. The van der Waals surface area contributed by atoms with E-state index >= 15 is 0 Å². The fourth-order valence-electron chi connectivity index (χ4n) is 0.304. The van der Waals surface area contributed by atoms with Crippen LogP contribution in [0, 0.1) is 5.92 Å². The zero-order chi connectivity index (χ0) is 7.28. The number of alkyl halides is 1. The van der Waals surface area contributed by atoms with Gasteiger partial charge in [0.05, 0.1) is 6.61 Å². The highest BCUT2D eigenvalue weighted by Gasteiger charge is 2.00. The minimum absolute atomic E-state index is 0.244. The third-order valence-electron chi connectivity index (χ3n) is 0.835. The van der Waals surface area contributed by atoms with Crippen LogP contribution in [0.4, 0.5) is 0 Å². The Labute approximate surface area is 60.1 Å². The van der Waals surface area contributed by atoms with Crippen molar-refractivity contribution in [3.63, 3.8) is 0 Å². The molecule has 0 radical (unpaired) electrons. The molecule has 0 aromatic carbocycles. The van der Waals surface area contributed by atoms with Crippen molar-refractivity contribution in [2.24, 2.45) is 5.92 Å². The van der Waals surface area contributed by atoms with Crippen molar-refractivity contribution < 1.29 is 9.53 Å². The van der Waals surface area contributed by atoms with Gasteiger partial charge in [0.25, 0.3) is 0 Å². The van der Waals surface area contributed by atoms with Crippen LogP contribution >= 0.6 is 11.6 Å². The van der Waals surface area contributed by atoms with Crippen molar-refractivity contribution in [1.82, 2.24) is 0 Å². The summed E-state index contributed by atoms with van der Waals surface area (Å²) < 4.78 is 4.67. The zero-order valence-electron chi connectivity index (χ0n) is 5.69. The Morgan fingerprint density at radius 1 is 1.78 bits per heavy atom. The number of halogens is 1. The Bertz CT molecular complexity index is 93.1. The molecule has 1 atom stereocenters. The average Bonchev–Trinajstić information content (AvgIpc) is 1.83. The van der Waals surface area contributed by atoms with Crippen LogP contribution in [0.1, 0.15) is 13.8 Å². The summed E-state index contributed by atoms with van der Waals surface area (Å²) in [4.78, 5) is 10.2. The smallest absolute Gasteiger partial charge is 0.302 e. The van der Waals surface area contributed by atoms with E-state index in [9.17, 15) is 4.79 Å². The van der Waals surface area contributed by atoms with Gasteiger partial charge in [0.15, 0.2) is 0 Å². The summed E-state index contributed by atoms with van der Waals surface area (Å²) in [5, 5.41) is 0. The Morgan fingerprint density at radius 2 is 2.33 bits per heavy atom. The first-order chi connectivity index (χ1) is 4.16. The maximum absolute atomic E-state index is 10.2. The molecule has 0 amide bonds. The molecule has 0 N–H and O–H groups in total. The maximum atomic E-state index is 10.2. The fourth-order valence-corrected chi connectivity index (χ4v) is 0.393. The van der Waals surface area contributed by atoms with Crippen molar-refractivity contribution in [2.45, 2.75) is 13.8 Å². The van der Waals surface area contributed by atoms with Crippen LogP contribution in [0.2, 0.25) is 0 Å². The summed E-state index contributed by atoms with van der Waals surface area (Å²) in [6.07, 6.45) is 0. The summed E-state index contributed by atoms with van der Waals surface area (Å²) in [5.74, 6) is 0.551.